The monoisotopic (exact) mass is 497 g/mol. The number of imidazole rings is 1. The highest BCUT2D eigenvalue weighted by Gasteiger charge is 2.26. The van der Waals surface area contributed by atoms with Gasteiger partial charge >= 0.3 is 5.63 Å². The smallest absolute Gasteiger partial charge is 0.344 e. The van der Waals surface area contributed by atoms with Gasteiger partial charge in [-0.05, 0) is 23.3 Å². The molecule has 0 aliphatic heterocycles. The summed E-state index contributed by atoms with van der Waals surface area (Å²) in [4.78, 5) is 26.2. The lowest BCUT2D eigenvalue weighted by molar-refractivity contribution is -0.682. The molecule has 0 N–H and O–H groups in total. The predicted molar refractivity (Wildman–Crippen MR) is 147 cm³/mol. The molecule has 38 heavy (non-hydrogen) atoms. The van der Waals surface area contributed by atoms with Crippen molar-refractivity contribution < 1.29 is 13.8 Å². The topological polar surface area (TPSA) is 56.1 Å². The molecule has 0 fully saturated rings. The average molecular weight is 498 g/mol. The van der Waals surface area contributed by atoms with Crippen molar-refractivity contribution in [3.8, 4) is 11.1 Å². The SMILES string of the molecule is O=C(C[n+]1ccn(C(c2ccccc2)c2cc3ccccc3oc2=O)c1)c1ccc(-c2ccccc2)cc1. The second-order valence-electron chi connectivity index (χ2n) is 9.24. The first-order valence-corrected chi connectivity index (χ1v) is 12.5. The minimum Gasteiger partial charge on any atom is -0.422 e. The van der Waals surface area contributed by atoms with Gasteiger partial charge in [0, 0.05) is 16.5 Å². The fourth-order valence-corrected chi connectivity index (χ4v) is 4.81. The zero-order valence-corrected chi connectivity index (χ0v) is 20.6. The van der Waals surface area contributed by atoms with Gasteiger partial charge in [-0.3, -0.25) is 4.79 Å². The Labute approximate surface area is 219 Å². The zero-order valence-electron chi connectivity index (χ0n) is 20.6. The second kappa shape index (κ2) is 10.1. The van der Waals surface area contributed by atoms with Gasteiger partial charge in [0.2, 0.25) is 12.1 Å². The fraction of sp³-hybridized carbons (Fsp3) is 0.0606. The zero-order chi connectivity index (χ0) is 25.9. The van der Waals surface area contributed by atoms with Crippen molar-refractivity contribution in [3.05, 3.63) is 161 Å². The third kappa shape index (κ3) is 4.70. The first-order valence-electron chi connectivity index (χ1n) is 12.5. The highest BCUT2D eigenvalue weighted by atomic mass is 16.4. The number of hydrogen-bond acceptors (Lipinski definition) is 3. The van der Waals surface area contributed by atoms with Crippen LogP contribution in [0.1, 0.15) is 27.5 Å². The molecule has 2 heterocycles. The number of hydrogen-bond donors (Lipinski definition) is 0. The van der Waals surface area contributed by atoms with Gasteiger partial charge in [-0.15, -0.1) is 0 Å². The Balaban J connectivity index is 1.30. The molecule has 6 rings (SSSR count). The van der Waals surface area contributed by atoms with Crippen LogP contribution in [0.25, 0.3) is 22.1 Å². The first-order chi connectivity index (χ1) is 18.7. The maximum Gasteiger partial charge on any atom is 0.344 e. The summed E-state index contributed by atoms with van der Waals surface area (Å²) < 4.78 is 9.44. The van der Waals surface area contributed by atoms with Crippen molar-refractivity contribution in [2.24, 2.45) is 0 Å². The normalized spacial score (nSPS) is 11.9. The van der Waals surface area contributed by atoms with E-state index in [1.54, 1.807) is 6.07 Å². The fourth-order valence-electron chi connectivity index (χ4n) is 4.81. The maximum atomic E-state index is 13.1. The van der Waals surface area contributed by atoms with E-state index in [1.165, 1.54) is 0 Å². The summed E-state index contributed by atoms with van der Waals surface area (Å²) in [5, 5.41) is 0.859. The van der Waals surface area contributed by atoms with Gasteiger partial charge in [0.25, 0.3) is 0 Å². The maximum absolute atomic E-state index is 13.1. The van der Waals surface area contributed by atoms with Crippen LogP contribution in [-0.4, -0.2) is 10.4 Å². The molecular formula is C33H25N2O3+. The summed E-state index contributed by atoms with van der Waals surface area (Å²) in [6, 6.07) is 36.6. The van der Waals surface area contributed by atoms with E-state index in [-0.39, 0.29) is 18.0 Å². The number of aromatic nitrogens is 2. The van der Waals surface area contributed by atoms with Crippen molar-refractivity contribution in [2.45, 2.75) is 12.6 Å². The molecule has 0 amide bonds. The molecule has 0 aliphatic carbocycles. The molecule has 6 aromatic rings. The molecule has 0 saturated heterocycles. The van der Waals surface area contributed by atoms with Gasteiger partial charge in [-0.2, -0.15) is 0 Å². The van der Waals surface area contributed by atoms with Gasteiger partial charge in [0.05, 0.1) is 5.56 Å². The van der Waals surface area contributed by atoms with E-state index in [0.717, 1.165) is 22.1 Å². The summed E-state index contributed by atoms with van der Waals surface area (Å²) in [7, 11) is 0. The van der Waals surface area contributed by atoms with Gasteiger partial charge in [-0.1, -0.05) is 103 Å². The summed E-state index contributed by atoms with van der Waals surface area (Å²) in [6.45, 7) is 0.186. The number of benzene rings is 4. The Bertz CT molecular complexity index is 1770. The van der Waals surface area contributed by atoms with E-state index in [4.69, 9.17) is 4.42 Å². The lowest BCUT2D eigenvalue weighted by atomic mass is 9.99. The number of rotatable bonds is 7. The third-order valence-corrected chi connectivity index (χ3v) is 6.73. The van der Waals surface area contributed by atoms with Crippen molar-refractivity contribution in [2.75, 3.05) is 0 Å². The molecule has 5 nitrogen and oxygen atoms in total. The van der Waals surface area contributed by atoms with Crippen LogP contribution in [-0.2, 0) is 6.54 Å². The Hall–Kier alpha value is -5.03. The second-order valence-corrected chi connectivity index (χ2v) is 9.24. The van der Waals surface area contributed by atoms with E-state index in [0.29, 0.717) is 16.7 Å². The summed E-state index contributed by atoms with van der Waals surface area (Å²) in [5.74, 6) is 0.00819. The Morgan fingerprint density at radius 2 is 1.45 bits per heavy atom. The molecule has 0 aliphatic rings. The van der Waals surface area contributed by atoms with E-state index in [9.17, 15) is 9.59 Å². The van der Waals surface area contributed by atoms with E-state index < -0.39 is 6.04 Å². The van der Waals surface area contributed by atoms with Crippen molar-refractivity contribution >= 4 is 16.8 Å². The van der Waals surface area contributed by atoms with E-state index in [1.807, 2.05) is 125 Å². The third-order valence-electron chi connectivity index (χ3n) is 6.73. The van der Waals surface area contributed by atoms with Crippen LogP contribution in [0, 0.1) is 0 Å². The Morgan fingerprint density at radius 1 is 0.789 bits per heavy atom. The molecule has 1 atom stereocenters. The average Bonchev–Trinajstić information content (AvgIpc) is 3.42. The summed E-state index contributed by atoms with van der Waals surface area (Å²) >= 11 is 0. The Morgan fingerprint density at radius 3 is 2.21 bits per heavy atom. The molecule has 2 aromatic heterocycles. The molecular weight excluding hydrogens is 472 g/mol. The number of Topliss-reactive ketones (excluding diaryl/α,β-unsaturated/α-hetero) is 1. The molecule has 5 heteroatoms. The molecule has 184 valence electrons. The molecule has 4 aromatic carbocycles. The number of carbonyl (C=O) groups excluding carboxylic acids is 1. The van der Waals surface area contributed by atoms with Gasteiger partial charge in [0.1, 0.15) is 18.0 Å². The number of ketones is 1. The standard InChI is InChI=1S/C33H25N2O3/c36-30(26-17-15-25(16-18-26)24-9-3-1-4-10-24)22-34-19-20-35(23-34)32(27-11-5-2-6-12-27)29-21-28-13-7-8-14-31(28)38-33(29)37/h1-21,23,32H,22H2/q+1. The summed E-state index contributed by atoms with van der Waals surface area (Å²) in [5.41, 5.74) is 4.48. The van der Waals surface area contributed by atoms with Gasteiger partial charge in [-0.25, -0.2) is 13.9 Å². The molecule has 0 bridgehead atoms. The lowest BCUT2D eigenvalue weighted by Gasteiger charge is -2.14. The van der Waals surface area contributed by atoms with Crippen LogP contribution in [0.3, 0.4) is 0 Å². The van der Waals surface area contributed by atoms with Crippen LogP contribution in [0.5, 0.6) is 0 Å². The minimum absolute atomic E-state index is 0.00819. The summed E-state index contributed by atoms with van der Waals surface area (Å²) in [6.07, 6.45) is 5.61. The lowest BCUT2D eigenvalue weighted by Crippen LogP contribution is -2.36. The molecule has 0 radical (unpaired) electrons. The number of fused-ring (bicyclic) bond motifs is 1. The highest BCUT2D eigenvalue weighted by molar-refractivity contribution is 5.95. The van der Waals surface area contributed by atoms with Gasteiger partial charge < -0.3 is 4.42 Å². The minimum atomic E-state index is -0.404. The van der Waals surface area contributed by atoms with E-state index >= 15 is 0 Å². The Kier molecular flexibility index (Phi) is 6.24. The van der Waals surface area contributed by atoms with Crippen LogP contribution in [0.4, 0.5) is 0 Å². The quantitative estimate of drug-likeness (QED) is 0.153. The predicted octanol–water partition coefficient (Wildman–Crippen LogP) is 6.07. The van der Waals surface area contributed by atoms with Crippen molar-refractivity contribution in [3.63, 3.8) is 0 Å². The van der Waals surface area contributed by atoms with E-state index in [2.05, 4.69) is 12.1 Å². The number of nitrogens with zero attached hydrogens (tertiary/aromatic N) is 2. The largest absolute Gasteiger partial charge is 0.422 e. The molecule has 0 saturated carbocycles. The van der Waals surface area contributed by atoms with Crippen LogP contribution in [0.2, 0.25) is 0 Å². The number of para-hydroxylation sites is 1. The van der Waals surface area contributed by atoms with Crippen LogP contribution >= 0.6 is 0 Å². The molecule has 1 unspecified atom stereocenters. The van der Waals surface area contributed by atoms with Crippen molar-refractivity contribution in [1.82, 2.24) is 4.57 Å². The highest BCUT2D eigenvalue weighted by Crippen LogP contribution is 2.26. The number of carbonyl (C=O) groups is 1. The van der Waals surface area contributed by atoms with Crippen molar-refractivity contribution in [1.29, 1.82) is 0 Å². The van der Waals surface area contributed by atoms with Crippen LogP contribution < -0.4 is 10.2 Å². The van der Waals surface area contributed by atoms with Gasteiger partial charge in [0.15, 0.2) is 12.6 Å². The molecule has 0 spiro atoms. The van der Waals surface area contributed by atoms with Crippen LogP contribution in [0.15, 0.2) is 143 Å². The first kappa shape index (κ1) is 23.4.